The molecule has 2 heterocycles. The molecule has 2 aromatic heterocycles. The molecule has 10 aromatic rings. The van der Waals surface area contributed by atoms with Gasteiger partial charge in [0.1, 0.15) is 0 Å². The maximum Gasteiger partial charge on any atom is 0.164 e. The molecule has 0 aliphatic carbocycles. The van der Waals surface area contributed by atoms with Crippen molar-refractivity contribution in [3.05, 3.63) is 170 Å². The molecule has 10 rings (SSSR count). The van der Waals surface area contributed by atoms with E-state index in [0.717, 1.165) is 33.5 Å². The summed E-state index contributed by atoms with van der Waals surface area (Å²) < 4.78 is 2.38. The maximum absolute atomic E-state index is 5.18. The minimum absolute atomic E-state index is 0.641. The van der Waals surface area contributed by atoms with Gasteiger partial charge in [-0.3, -0.25) is 0 Å². The fourth-order valence-electron chi connectivity index (χ4n) is 7.35. The highest BCUT2D eigenvalue weighted by Gasteiger charge is 2.22. The molecule has 4 nitrogen and oxygen atoms in total. The van der Waals surface area contributed by atoms with Gasteiger partial charge in [-0.05, 0) is 63.0 Å². The number of rotatable bonds is 5. The molecule has 0 bridgehead atoms. The minimum Gasteiger partial charge on any atom is -0.309 e. The van der Waals surface area contributed by atoms with E-state index in [2.05, 4.69) is 150 Å². The van der Waals surface area contributed by atoms with Gasteiger partial charge < -0.3 is 4.57 Å². The largest absolute Gasteiger partial charge is 0.309 e. The summed E-state index contributed by atoms with van der Waals surface area (Å²) in [4.78, 5) is 15.3. The third-order valence-electron chi connectivity index (χ3n) is 9.59. The SMILES string of the molecule is c1ccc(-c2ccc(-c3nc(-c4ccccc4)nc(-c4cc5c6ccccc6c6cccc7c6c5c(c4)n7-c4ccccc4)n3)cc2)cc1. The van der Waals surface area contributed by atoms with E-state index in [9.17, 15) is 0 Å². The van der Waals surface area contributed by atoms with Crippen molar-refractivity contribution >= 4 is 43.4 Å². The van der Waals surface area contributed by atoms with E-state index in [1.807, 2.05) is 24.3 Å². The van der Waals surface area contributed by atoms with Crippen LogP contribution >= 0.6 is 0 Å². The van der Waals surface area contributed by atoms with Crippen molar-refractivity contribution < 1.29 is 0 Å². The first-order chi connectivity index (χ1) is 24.3. The number of fused-ring (bicyclic) bond motifs is 3. The number of hydrogen-bond acceptors (Lipinski definition) is 3. The Kier molecular flexibility index (Phi) is 6.15. The zero-order chi connectivity index (χ0) is 32.3. The third kappa shape index (κ3) is 4.42. The molecular formula is C45H28N4. The molecule has 0 fully saturated rings. The molecule has 0 aliphatic heterocycles. The van der Waals surface area contributed by atoms with Crippen LogP contribution < -0.4 is 0 Å². The van der Waals surface area contributed by atoms with Crippen LogP contribution in [0.3, 0.4) is 0 Å². The van der Waals surface area contributed by atoms with E-state index >= 15 is 0 Å². The first-order valence-electron chi connectivity index (χ1n) is 16.5. The van der Waals surface area contributed by atoms with Gasteiger partial charge in [-0.1, -0.05) is 140 Å². The van der Waals surface area contributed by atoms with Crippen LogP contribution in [-0.4, -0.2) is 19.5 Å². The fraction of sp³-hybridized carbons (Fsp3) is 0. The number of nitrogens with zero attached hydrogens (tertiary/aromatic N) is 4. The molecule has 0 atom stereocenters. The highest BCUT2D eigenvalue weighted by molar-refractivity contribution is 6.34. The van der Waals surface area contributed by atoms with Gasteiger partial charge in [0.15, 0.2) is 17.5 Å². The highest BCUT2D eigenvalue weighted by atomic mass is 15.0. The van der Waals surface area contributed by atoms with Crippen molar-refractivity contribution in [2.45, 2.75) is 0 Å². The predicted molar refractivity (Wildman–Crippen MR) is 202 cm³/mol. The van der Waals surface area contributed by atoms with Gasteiger partial charge in [-0.15, -0.1) is 0 Å². The monoisotopic (exact) mass is 624 g/mol. The van der Waals surface area contributed by atoms with Gasteiger partial charge in [0.25, 0.3) is 0 Å². The Morgan fingerprint density at radius 3 is 1.45 bits per heavy atom. The van der Waals surface area contributed by atoms with Crippen LogP contribution in [0.25, 0.3) is 94.3 Å². The second-order valence-electron chi connectivity index (χ2n) is 12.4. The maximum atomic E-state index is 5.18. The molecule has 0 N–H and O–H groups in total. The average molecular weight is 625 g/mol. The molecule has 0 saturated heterocycles. The standard InChI is InChI=1S/C45H28N4/c1-4-13-29(14-5-1)30-23-25-32(26-24-30)44-46-43(31-15-6-2-7-16-31)47-45(48-44)33-27-38-36-20-11-10-19-35(36)37-21-12-22-39-41(37)42(38)40(28-33)49(39)34-17-8-3-9-18-34/h1-28H. The zero-order valence-corrected chi connectivity index (χ0v) is 26.5. The summed E-state index contributed by atoms with van der Waals surface area (Å²) in [5.41, 5.74) is 8.60. The van der Waals surface area contributed by atoms with Gasteiger partial charge in [0, 0.05) is 33.2 Å². The van der Waals surface area contributed by atoms with Crippen LogP contribution in [-0.2, 0) is 0 Å². The van der Waals surface area contributed by atoms with Crippen molar-refractivity contribution in [3.63, 3.8) is 0 Å². The molecule has 0 amide bonds. The molecule has 0 unspecified atom stereocenters. The van der Waals surface area contributed by atoms with Crippen LogP contribution in [0.5, 0.6) is 0 Å². The topological polar surface area (TPSA) is 43.6 Å². The van der Waals surface area contributed by atoms with E-state index in [4.69, 9.17) is 15.0 Å². The van der Waals surface area contributed by atoms with Gasteiger partial charge in [-0.2, -0.15) is 0 Å². The number of para-hydroxylation sites is 1. The lowest BCUT2D eigenvalue weighted by molar-refractivity contribution is 1.07. The molecule has 49 heavy (non-hydrogen) atoms. The van der Waals surface area contributed by atoms with E-state index in [1.165, 1.54) is 43.4 Å². The molecule has 0 saturated carbocycles. The first kappa shape index (κ1) is 27.5. The quantitative estimate of drug-likeness (QED) is 0.179. The molecule has 8 aromatic carbocycles. The number of aromatic nitrogens is 4. The predicted octanol–water partition coefficient (Wildman–Crippen LogP) is 11.4. The van der Waals surface area contributed by atoms with E-state index in [0.29, 0.717) is 17.5 Å². The summed E-state index contributed by atoms with van der Waals surface area (Å²) in [6, 6.07) is 59.6. The summed E-state index contributed by atoms with van der Waals surface area (Å²) in [6.07, 6.45) is 0. The summed E-state index contributed by atoms with van der Waals surface area (Å²) >= 11 is 0. The molecule has 4 heteroatoms. The zero-order valence-electron chi connectivity index (χ0n) is 26.5. The lowest BCUT2D eigenvalue weighted by Crippen LogP contribution is -2.00. The Hall–Kier alpha value is -6.65. The Balaban J connectivity index is 1.26. The van der Waals surface area contributed by atoms with Crippen molar-refractivity contribution in [3.8, 4) is 51.0 Å². The Morgan fingerprint density at radius 2 is 0.776 bits per heavy atom. The van der Waals surface area contributed by atoms with Gasteiger partial charge in [-0.25, -0.2) is 15.0 Å². The number of benzene rings is 8. The first-order valence-corrected chi connectivity index (χ1v) is 16.5. The third-order valence-corrected chi connectivity index (χ3v) is 9.59. The lowest BCUT2D eigenvalue weighted by Gasteiger charge is -2.12. The van der Waals surface area contributed by atoms with Crippen molar-refractivity contribution in [1.29, 1.82) is 0 Å². The van der Waals surface area contributed by atoms with E-state index in [-0.39, 0.29) is 0 Å². The van der Waals surface area contributed by atoms with Crippen LogP contribution in [0.15, 0.2) is 170 Å². The summed E-state index contributed by atoms with van der Waals surface area (Å²) in [5, 5.41) is 7.45. The van der Waals surface area contributed by atoms with Gasteiger partial charge in [0.2, 0.25) is 0 Å². The molecule has 0 aliphatic rings. The Bertz CT molecular complexity index is 2790. The van der Waals surface area contributed by atoms with Gasteiger partial charge in [0.05, 0.1) is 11.0 Å². The second kappa shape index (κ2) is 11.0. The average Bonchev–Trinajstić information content (AvgIpc) is 3.53. The number of hydrogen-bond donors (Lipinski definition) is 0. The minimum atomic E-state index is 0.641. The van der Waals surface area contributed by atoms with Crippen LogP contribution in [0.4, 0.5) is 0 Å². The Labute approximate surface area is 283 Å². The van der Waals surface area contributed by atoms with Crippen molar-refractivity contribution in [2.75, 3.05) is 0 Å². The van der Waals surface area contributed by atoms with E-state index < -0.39 is 0 Å². The molecular weight excluding hydrogens is 597 g/mol. The smallest absolute Gasteiger partial charge is 0.164 e. The fourth-order valence-corrected chi connectivity index (χ4v) is 7.35. The summed E-state index contributed by atoms with van der Waals surface area (Å²) in [7, 11) is 0. The molecule has 0 spiro atoms. The van der Waals surface area contributed by atoms with Crippen molar-refractivity contribution in [1.82, 2.24) is 19.5 Å². The summed E-state index contributed by atoms with van der Waals surface area (Å²) in [5.74, 6) is 1.93. The molecule has 228 valence electrons. The van der Waals surface area contributed by atoms with Crippen molar-refractivity contribution in [2.24, 2.45) is 0 Å². The Morgan fingerprint density at radius 1 is 0.306 bits per heavy atom. The van der Waals surface area contributed by atoms with Crippen LogP contribution in [0.1, 0.15) is 0 Å². The summed E-state index contributed by atoms with van der Waals surface area (Å²) in [6.45, 7) is 0. The van der Waals surface area contributed by atoms with E-state index in [1.54, 1.807) is 0 Å². The molecule has 0 radical (unpaired) electrons. The lowest BCUT2D eigenvalue weighted by atomic mass is 9.93. The van der Waals surface area contributed by atoms with Crippen LogP contribution in [0.2, 0.25) is 0 Å². The van der Waals surface area contributed by atoms with Crippen LogP contribution in [0, 0.1) is 0 Å². The van der Waals surface area contributed by atoms with Gasteiger partial charge >= 0.3 is 0 Å². The normalized spacial score (nSPS) is 11.7. The second-order valence-corrected chi connectivity index (χ2v) is 12.4. The highest BCUT2D eigenvalue weighted by Crippen LogP contribution is 2.45.